The van der Waals surface area contributed by atoms with Crippen molar-refractivity contribution >= 4 is 11.5 Å². The van der Waals surface area contributed by atoms with Gasteiger partial charge in [-0.3, -0.25) is 9.78 Å². The van der Waals surface area contributed by atoms with E-state index in [1.54, 1.807) is 23.0 Å². The van der Waals surface area contributed by atoms with Crippen LogP contribution in [0.25, 0.3) is 11.3 Å². The second-order valence-electron chi connectivity index (χ2n) is 9.89. The third-order valence-electron chi connectivity index (χ3n) is 7.20. The van der Waals surface area contributed by atoms with Gasteiger partial charge in [-0.1, -0.05) is 31.2 Å². The van der Waals surface area contributed by atoms with E-state index >= 15 is 0 Å². The molecule has 3 aromatic rings. The zero-order valence-electron chi connectivity index (χ0n) is 22.4. The fourth-order valence-electron chi connectivity index (χ4n) is 4.60. The first-order valence-electron chi connectivity index (χ1n) is 13.4. The molecular formula is C31H37FN4O2. The quantitative estimate of drug-likeness (QED) is 0.246. The smallest absolute Gasteiger partial charge is 0.251 e. The molecule has 1 amide bonds. The molecule has 6 nitrogen and oxygen atoms in total. The van der Waals surface area contributed by atoms with Gasteiger partial charge in [0.2, 0.25) is 0 Å². The fraction of sp³-hybridized carbons (Fsp3) is 0.387. The molecule has 0 saturated carbocycles. The first kappa shape index (κ1) is 27.5. The maximum Gasteiger partial charge on any atom is 0.251 e. The molecule has 0 spiro atoms. The second kappa shape index (κ2) is 13.3. The fourth-order valence-corrected chi connectivity index (χ4v) is 4.60. The van der Waals surface area contributed by atoms with Crippen LogP contribution in [-0.4, -0.2) is 33.9 Å². The van der Waals surface area contributed by atoms with Gasteiger partial charge in [0, 0.05) is 48.5 Å². The van der Waals surface area contributed by atoms with E-state index in [0.717, 1.165) is 85.0 Å². The lowest BCUT2D eigenvalue weighted by Crippen LogP contribution is -2.24. The molecule has 1 aromatic carbocycles. The van der Waals surface area contributed by atoms with Gasteiger partial charge in [-0.15, -0.1) is 0 Å². The molecule has 0 bridgehead atoms. The standard InChI is InChI=1S/C31H37FN4O2/c1-4-22(2)5-14-29(30-21-35-36(23(30)3)28-12-8-26(32)9-13-28)31(37)34-20-25-7-11-27(33-19-25)10-6-24-15-17-38-18-16-24/h7-9,11-14,19,21,24H,2,4-6,10,15-18,20H2,1,3H3,(H,34,37). The third-order valence-corrected chi connectivity index (χ3v) is 7.20. The van der Waals surface area contributed by atoms with Crippen molar-refractivity contribution in [3.05, 3.63) is 95.4 Å². The predicted molar refractivity (Wildman–Crippen MR) is 148 cm³/mol. The Kier molecular flexibility index (Phi) is 9.60. The minimum absolute atomic E-state index is 0.181. The van der Waals surface area contributed by atoms with E-state index in [-0.39, 0.29) is 11.7 Å². The summed E-state index contributed by atoms with van der Waals surface area (Å²) >= 11 is 0. The Morgan fingerprint density at radius 1 is 1.18 bits per heavy atom. The number of carbonyl (C=O) groups is 1. The van der Waals surface area contributed by atoms with Gasteiger partial charge in [0.1, 0.15) is 5.82 Å². The summed E-state index contributed by atoms with van der Waals surface area (Å²) in [6.45, 7) is 10.2. The normalized spacial score (nSPS) is 14.4. The van der Waals surface area contributed by atoms with Crippen molar-refractivity contribution in [3.63, 3.8) is 0 Å². The molecule has 0 aliphatic carbocycles. The highest BCUT2D eigenvalue weighted by atomic mass is 19.1. The Morgan fingerprint density at radius 2 is 1.95 bits per heavy atom. The van der Waals surface area contributed by atoms with Crippen LogP contribution >= 0.6 is 0 Å². The van der Waals surface area contributed by atoms with E-state index in [1.807, 2.05) is 32.2 Å². The lowest BCUT2D eigenvalue weighted by atomic mass is 9.94. The first-order valence-corrected chi connectivity index (χ1v) is 13.4. The van der Waals surface area contributed by atoms with Crippen molar-refractivity contribution < 1.29 is 13.9 Å². The van der Waals surface area contributed by atoms with Crippen molar-refractivity contribution in [2.24, 2.45) is 5.92 Å². The maximum atomic E-state index is 13.4. The molecule has 2 aromatic heterocycles. The van der Waals surface area contributed by atoms with E-state index in [1.165, 1.54) is 12.1 Å². The second-order valence-corrected chi connectivity index (χ2v) is 9.89. The molecule has 1 aliphatic heterocycles. The van der Waals surface area contributed by atoms with E-state index in [2.05, 4.69) is 28.0 Å². The topological polar surface area (TPSA) is 69.0 Å². The summed E-state index contributed by atoms with van der Waals surface area (Å²) in [5.74, 6) is 0.229. The van der Waals surface area contributed by atoms with Gasteiger partial charge in [-0.05, 0) is 87.3 Å². The summed E-state index contributed by atoms with van der Waals surface area (Å²) in [6, 6.07) is 10.2. The summed E-state index contributed by atoms with van der Waals surface area (Å²) < 4.78 is 20.6. The highest BCUT2D eigenvalue weighted by Crippen LogP contribution is 2.24. The molecule has 7 heteroatoms. The average molecular weight is 517 g/mol. The molecular weight excluding hydrogens is 479 g/mol. The summed E-state index contributed by atoms with van der Waals surface area (Å²) in [5, 5.41) is 7.53. The molecule has 38 heavy (non-hydrogen) atoms. The van der Waals surface area contributed by atoms with Crippen molar-refractivity contribution in [2.75, 3.05) is 13.2 Å². The SMILES string of the molecule is C=C(CC)CC=C(C(=O)NCc1ccc(CCC2CCOCC2)nc1)c1cnn(-c2ccc(F)cc2)c1C. The van der Waals surface area contributed by atoms with Crippen molar-refractivity contribution in [3.8, 4) is 5.69 Å². The number of amides is 1. The Hall–Kier alpha value is -3.58. The maximum absolute atomic E-state index is 13.4. The molecule has 1 aliphatic rings. The molecule has 0 radical (unpaired) electrons. The lowest BCUT2D eigenvalue weighted by molar-refractivity contribution is -0.115. The number of nitrogens with one attached hydrogen (secondary N) is 1. The van der Waals surface area contributed by atoms with Crippen molar-refractivity contribution in [1.82, 2.24) is 20.1 Å². The number of benzene rings is 1. The number of carbonyl (C=O) groups excluding carboxylic acids is 1. The summed E-state index contributed by atoms with van der Waals surface area (Å²) in [4.78, 5) is 18.0. The highest BCUT2D eigenvalue weighted by molar-refractivity contribution is 6.19. The number of hydrogen-bond donors (Lipinski definition) is 1. The van der Waals surface area contributed by atoms with Gasteiger partial charge < -0.3 is 10.1 Å². The highest BCUT2D eigenvalue weighted by Gasteiger charge is 2.19. The summed E-state index contributed by atoms with van der Waals surface area (Å²) in [5.41, 5.74) is 5.88. The van der Waals surface area contributed by atoms with Crippen molar-refractivity contribution in [2.45, 2.75) is 58.9 Å². The number of aromatic nitrogens is 3. The van der Waals surface area contributed by atoms with E-state index < -0.39 is 0 Å². The summed E-state index contributed by atoms with van der Waals surface area (Å²) in [7, 11) is 0. The number of allylic oxidation sites excluding steroid dienone is 2. The van der Waals surface area contributed by atoms with Gasteiger partial charge in [0.25, 0.3) is 5.91 Å². The Labute approximate surface area is 224 Å². The molecule has 1 N–H and O–H groups in total. The third kappa shape index (κ3) is 7.25. The Morgan fingerprint density at radius 3 is 2.63 bits per heavy atom. The number of halogens is 1. The largest absolute Gasteiger partial charge is 0.381 e. The number of hydrogen-bond acceptors (Lipinski definition) is 4. The Bertz CT molecular complexity index is 1260. The monoisotopic (exact) mass is 516 g/mol. The first-order chi connectivity index (χ1) is 18.4. The molecule has 3 heterocycles. The van der Waals surface area contributed by atoms with Gasteiger partial charge in [-0.25, -0.2) is 9.07 Å². The van der Waals surface area contributed by atoms with Crippen LogP contribution < -0.4 is 5.32 Å². The molecule has 0 unspecified atom stereocenters. The number of ether oxygens (including phenoxy) is 1. The zero-order valence-corrected chi connectivity index (χ0v) is 22.4. The zero-order chi connectivity index (χ0) is 26.9. The minimum atomic E-state index is -0.307. The molecule has 1 saturated heterocycles. The summed E-state index contributed by atoms with van der Waals surface area (Å²) in [6.07, 6.45) is 11.2. The van der Waals surface area contributed by atoms with Crippen LogP contribution in [-0.2, 0) is 22.5 Å². The van der Waals surface area contributed by atoms with Gasteiger partial charge in [0.15, 0.2) is 0 Å². The lowest BCUT2D eigenvalue weighted by Gasteiger charge is -2.21. The van der Waals surface area contributed by atoms with E-state index in [0.29, 0.717) is 18.5 Å². The van der Waals surface area contributed by atoms with Crippen LogP contribution in [0.4, 0.5) is 4.39 Å². The van der Waals surface area contributed by atoms with Crippen LogP contribution in [0, 0.1) is 18.7 Å². The van der Waals surface area contributed by atoms with Crippen LogP contribution in [0.2, 0.25) is 0 Å². The van der Waals surface area contributed by atoms with Crippen molar-refractivity contribution in [1.29, 1.82) is 0 Å². The number of rotatable bonds is 11. The van der Waals surface area contributed by atoms with Crippen LogP contribution in [0.5, 0.6) is 0 Å². The molecule has 0 atom stereocenters. The van der Waals surface area contributed by atoms with Gasteiger partial charge in [-0.2, -0.15) is 5.10 Å². The van der Waals surface area contributed by atoms with Gasteiger partial charge >= 0.3 is 0 Å². The van der Waals surface area contributed by atoms with Crippen LogP contribution in [0.3, 0.4) is 0 Å². The predicted octanol–water partition coefficient (Wildman–Crippen LogP) is 6.13. The average Bonchev–Trinajstić information content (AvgIpc) is 3.33. The molecule has 1 fully saturated rings. The Balaban J connectivity index is 1.43. The van der Waals surface area contributed by atoms with Crippen LogP contribution in [0.15, 0.2) is 67.0 Å². The van der Waals surface area contributed by atoms with E-state index in [4.69, 9.17) is 4.74 Å². The number of pyridine rings is 1. The molecule has 200 valence electrons. The number of nitrogens with zero attached hydrogens (tertiary/aromatic N) is 3. The van der Waals surface area contributed by atoms with Crippen LogP contribution in [0.1, 0.15) is 61.5 Å². The number of aryl methyl sites for hydroxylation is 1. The minimum Gasteiger partial charge on any atom is -0.381 e. The van der Waals surface area contributed by atoms with E-state index in [9.17, 15) is 9.18 Å². The molecule has 4 rings (SSSR count). The van der Waals surface area contributed by atoms with Gasteiger partial charge in [0.05, 0.1) is 11.9 Å².